The van der Waals surface area contributed by atoms with Gasteiger partial charge < -0.3 is 5.11 Å². The molecule has 2 aromatic rings. The molecule has 182 valence electrons. The van der Waals surface area contributed by atoms with E-state index in [2.05, 4.69) is 17.2 Å². The van der Waals surface area contributed by atoms with Crippen LogP contribution in [0, 0.1) is 11.7 Å². The lowest BCUT2D eigenvalue weighted by molar-refractivity contribution is -0.199. The van der Waals surface area contributed by atoms with Crippen molar-refractivity contribution in [3.8, 4) is 0 Å². The molecule has 0 amide bonds. The molecule has 0 aromatic heterocycles. The smallest absolute Gasteiger partial charge is 0.416 e. The number of allylic oxidation sites excluding steroid dienone is 2. The van der Waals surface area contributed by atoms with Gasteiger partial charge in [-0.3, -0.25) is 4.79 Å². The summed E-state index contributed by atoms with van der Waals surface area (Å²) in [6.45, 7) is 1.83. The highest BCUT2D eigenvalue weighted by molar-refractivity contribution is 7.74. The van der Waals surface area contributed by atoms with E-state index in [4.69, 9.17) is 4.89 Å². The number of benzene rings is 2. The Labute approximate surface area is 200 Å². The minimum absolute atomic E-state index is 0.0584. The first-order chi connectivity index (χ1) is 16.1. The van der Waals surface area contributed by atoms with E-state index in [1.54, 1.807) is 0 Å². The van der Waals surface area contributed by atoms with Crippen LogP contribution in [0.2, 0.25) is 0 Å². The maximum Gasteiger partial charge on any atom is 0.416 e. The number of thiol groups is 1. The third kappa shape index (κ3) is 4.74. The number of hydrogen-bond donors (Lipinski definition) is 2. The molecule has 0 radical (unpaired) electrons. The summed E-state index contributed by atoms with van der Waals surface area (Å²) in [5.74, 6) is -2.23. The molecule has 2 aliphatic rings. The van der Waals surface area contributed by atoms with E-state index < -0.39 is 23.5 Å². The number of carbonyl (C=O) groups is 1. The maximum atomic E-state index is 14.6. The van der Waals surface area contributed by atoms with E-state index in [1.165, 1.54) is 24.3 Å². The van der Waals surface area contributed by atoms with Crippen molar-refractivity contribution in [1.29, 1.82) is 0 Å². The lowest BCUT2D eigenvalue weighted by Crippen LogP contribution is -2.21. The van der Waals surface area contributed by atoms with E-state index >= 15 is 0 Å². The molecule has 0 fully saturated rings. The summed E-state index contributed by atoms with van der Waals surface area (Å²) in [5, 5.41) is 9.53. The van der Waals surface area contributed by atoms with Crippen LogP contribution in [0.15, 0.2) is 42.0 Å². The lowest BCUT2D eigenvalue weighted by atomic mass is 9.71. The van der Waals surface area contributed by atoms with Gasteiger partial charge in [-0.1, -0.05) is 24.6 Å². The maximum absolute atomic E-state index is 14.6. The van der Waals surface area contributed by atoms with Crippen LogP contribution in [0.4, 0.5) is 17.6 Å². The Bertz CT molecular complexity index is 1110. The summed E-state index contributed by atoms with van der Waals surface area (Å²) < 4.78 is 58.3. The SMILES string of the molecule is C[C@@H](c1ccc(C(F)(F)F)cc1)C1C2=C(CCC[C@@H]2CC(=O)O)c2cc(F)cc(COOS)c21. The first kappa shape index (κ1) is 24.8. The summed E-state index contributed by atoms with van der Waals surface area (Å²) in [5.41, 5.74) is 3.88. The molecular weight excluding hydrogens is 472 g/mol. The second kappa shape index (κ2) is 9.71. The van der Waals surface area contributed by atoms with Crippen molar-refractivity contribution in [2.75, 3.05) is 0 Å². The Morgan fingerprint density at radius 1 is 1.24 bits per heavy atom. The first-order valence-electron chi connectivity index (χ1n) is 11.0. The van der Waals surface area contributed by atoms with Crippen molar-refractivity contribution >= 4 is 24.5 Å². The summed E-state index contributed by atoms with van der Waals surface area (Å²) in [6, 6.07) is 7.82. The van der Waals surface area contributed by atoms with Gasteiger partial charge in [-0.05, 0) is 83.2 Å². The summed E-state index contributed by atoms with van der Waals surface area (Å²) in [6.07, 6.45) is -2.36. The Hall–Kier alpha value is -2.36. The molecule has 2 aromatic carbocycles. The molecule has 0 saturated heterocycles. The number of aliphatic carboxylic acids is 1. The monoisotopic (exact) mass is 496 g/mol. The Kier molecular flexibility index (Phi) is 7.07. The van der Waals surface area contributed by atoms with Gasteiger partial charge in [-0.15, -0.1) is 0 Å². The van der Waals surface area contributed by atoms with Crippen molar-refractivity contribution in [1.82, 2.24) is 0 Å². The van der Waals surface area contributed by atoms with Crippen LogP contribution in [0.5, 0.6) is 0 Å². The lowest BCUT2D eigenvalue weighted by Gasteiger charge is -2.32. The molecule has 0 spiro atoms. The number of carboxylic acids is 1. The van der Waals surface area contributed by atoms with Gasteiger partial charge in [0, 0.05) is 18.8 Å². The normalized spacial score (nSPS) is 20.8. The number of rotatable bonds is 7. The van der Waals surface area contributed by atoms with E-state index in [0.29, 0.717) is 29.5 Å². The highest BCUT2D eigenvalue weighted by Crippen LogP contribution is 2.57. The molecule has 0 aliphatic heterocycles. The van der Waals surface area contributed by atoms with Gasteiger partial charge in [0.25, 0.3) is 0 Å². The number of halogens is 4. The third-order valence-electron chi connectivity index (χ3n) is 6.92. The average Bonchev–Trinajstić information content (AvgIpc) is 3.11. The molecule has 4 nitrogen and oxygen atoms in total. The van der Waals surface area contributed by atoms with Crippen LogP contribution in [-0.2, 0) is 26.8 Å². The van der Waals surface area contributed by atoms with E-state index in [1.807, 2.05) is 6.92 Å². The molecule has 1 N–H and O–H groups in total. The van der Waals surface area contributed by atoms with Gasteiger partial charge >= 0.3 is 12.1 Å². The fraction of sp³-hybridized carbons (Fsp3) is 0.400. The van der Waals surface area contributed by atoms with Gasteiger partial charge in [-0.25, -0.2) is 9.28 Å². The Balaban J connectivity index is 1.85. The fourth-order valence-corrected chi connectivity index (χ4v) is 5.62. The number of hydrogen-bond acceptors (Lipinski definition) is 4. The van der Waals surface area contributed by atoms with Gasteiger partial charge in [0.2, 0.25) is 0 Å². The minimum Gasteiger partial charge on any atom is -0.481 e. The molecule has 34 heavy (non-hydrogen) atoms. The number of fused-ring (bicyclic) bond motifs is 2. The van der Waals surface area contributed by atoms with Crippen molar-refractivity contribution in [3.05, 3.63) is 75.6 Å². The standard InChI is InChI=1S/C25H24F4O4S/c1-13(14-5-7-17(8-6-14)25(27,28)29)22-23-15(10-21(30)31)3-2-4-19(23)20-11-18(26)9-16(24(20)22)12-32-33-34/h5-9,11,13,15,22,34H,2-4,10,12H2,1H3,(H,30,31)/t13-,15+,22?/m0/s1. The molecular formula is C25H24F4O4S. The number of alkyl halides is 3. The Morgan fingerprint density at radius 2 is 1.94 bits per heavy atom. The van der Waals surface area contributed by atoms with E-state index in [0.717, 1.165) is 35.3 Å². The van der Waals surface area contributed by atoms with E-state index in [-0.39, 0.29) is 30.8 Å². The summed E-state index contributed by atoms with van der Waals surface area (Å²) in [4.78, 5) is 16.6. The quantitative estimate of drug-likeness (QED) is 0.142. The average molecular weight is 497 g/mol. The first-order valence-corrected chi connectivity index (χ1v) is 11.4. The van der Waals surface area contributed by atoms with Crippen molar-refractivity contribution < 1.29 is 36.7 Å². The van der Waals surface area contributed by atoms with Crippen LogP contribution >= 0.6 is 12.9 Å². The van der Waals surface area contributed by atoms with Gasteiger partial charge in [0.05, 0.1) is 12.0 Å². The fourth-order valence-electron chi connectivity index (χ4n) is 5.57. The van der Waals surface area contributed by atoms with Gasteiger partial charge in [0.1, 0.15) is 12.4 Å². The molecule has 9 heteroatoms. The highest BCUT2D eigenvalue weighted by atomic mass is 32.1. The summed E-state index contributed by atoms with van der Waals surface area (Å²) >= 11 is 3.59. The predicted molar refractivity (Wildman–Crippen MR) is 120 cm³/mol. The number of carboxylic acid groups (broad SMARTS) is 1. The third-order valence-corrected chi connectivity index (χ3v) is 7.03. The zero-order valence-corrected chi connectivity index (χ0v) is 19.3. The molecule has 1 unspecified atom stereocenters. The van der Waals surface area contributed by atoms with Crippen LogP contribution in [0.25, 0.3) is 5.57 Å². The van der Waals surface area contributed by atoms with Crippen molar-refractivity contribution in [2.45, 2.75) is 57.2 Å². The van der Waals surface area contributed by atoms with Gasteiger partial charge in [0.15, 0.2) is 0 Å². The molecule has 3 atom stereocenters. The highest BCUT2D eigenvalue weighted by Gasteiger charge is 2.42. The molecule has 0 bridgehead atoms. The van der Waals surface area contributed by atoms with Crippen LogP contribution in [-0.4, -0.2) is 11.1 Å². The van der Waals surface area contributed by atoms with Crippen molar-refractivity contribution in [2.24, 2.45) is 5.92 Å². The molecule has 2 aliphatic carbocycles. The topological polar surface area (TPSA) is 55.8 Å². The summed E-state index contributed by atoms with van der Waals surface area (Å²) in [7, 11) is 0. The molecule has 0 saturated carbocycles. The molecule has 4 rings (SSSR count). The van der Waals surface area contributed by atoms with Crippen LogP contribution < -0.4 is 0 Å². The largest absolute Gasteiger partial charge is 0.481 e. The van der Waals surface area contributed by atoms with Crippen LogP contribution in [0.3, 0.4) is 0 Å². The van der Waals surface area contributed by atoms with Crippen LogP contribution in [0.1, 0.15) is 72.3 Å². The minimum atomic E-state index is -4.44. The zero-order valence-electron chi connectivity index (χ0n) is 18.4. The predicted octanol–water partition coefficient (Wildman–Crippen LogP) is 7.07. The Morgan fingerprint density at radius 3 is 2.56 bits per heavy atom. The molecule has 0 heterocycles. The zero-order chi connectivity index (χ0) is 24.6. The van der Waals surface area contributed by atoms with E-state index in [9.17, 15) is 27.5 Å². The second-order valence-electron chi connectivity index (χ2n) is 8.87. The second-order valence-corrected chi connectivity index (χ2v) is 9.02. The van der Waals surface area contributed by atoms with Gasteiger partial charge in [-0.2, -0.15) is 17.5 Å². The van der Waals surface area contributed by atoms with Crippen molar-refractivity contribution in [3.63, 3.8) is 0 Å².